The predicted molar refractivity (Wildman–Crippen MR) is 94.4 cm³/mol. The van der Waals surface area contributed by atoms with Crippen LogP contribution in [-0.2, 0) is 19.6 Å². The smallest absolute Gasteiger partial charge is 0.243 e. The molecule has 1 amide bonds. The number of nitrogens with zero attached hydrogens (tertiary/aromatic N) is 1. The first-order valence-electron chi connectivity index (χ1n) is 8.00. The Balaban J connectivity index is 2.11. The molecule has 0 aliphatic carbocycles. The molecule has 1 aromatic rings. The third-order valence-electron chi connectivity index (χ3n) is 4.12. The van der Waals surface area contributed by atoms with E-state index in [4.69, 9.17) is 21.1 Å². The van der Waals surface area contributed by atoms with Gasteiger partial charge in [-0.05, 0) is 31.0 Å². The van der Waals surface area contributed by atoms with Crippen LogP contribution in [0.2, 0.25) is 5.02 Å². The molecule has 0 radical (unpaired) electrons. The SMILES string of the molecule is COCCNC(=O)[C@H]1CCCN(S(=O)(=O)c2ccc(OC)c(Cl)c2)C1. The quantitative estimate of drug-likeness (QED) is 0.713. The van der Waals surface area contributed by atoms with Crippen molar-refractivity contribution in [2.75, 3.05) is 40.5 Å². The fourth-order valence-corrected chi connectivity index (χ4v) is 4.62. The molecule has 2 rings (SSSR count). The Morgan fingerprint density at radius 3 is 2.80 bits per heavy atom. The fourth-order valence-electron chi connectivity index (χ4n) is 2.75. The van der Waals surface area contributed by atoms with Gasteiger partial charge in [0.1, 0.15) is 5.75 Å². The number of carbonyl (C=O) groups is 1. The zero-order valence-corrected chi connectivity index (χ0v) is 15.9. The van der Waals surface area contributed by atoms with Crippen molar-refractivity contribution >= 4 is 27.5 Å². The number of rotatable bonds is 7. The molecule has 0 unspecified atom stereocenters. The average molecular weight is 391 g/mol. The summed E-state index contributed by atoms with van der Waals surface area (Å²) in [5.74, 6) is -0.103. The largest absolute Gasteiger partial charge is 0.495 e. The molecule has 0 spiro atoms. The second kappa shape index (κ2) is 8.84. The van der Waals surface area contributed by atoms with Gasteiger partial charge in [-0.1, -0.05) is 11.6 Å². The average Bonchev–Trinajstić information content (AvgIpc) is 2.61. The Kier molecular flexibility index (Phi) is 7.06. The molecule has 0 saturated carbocycles. The number of hydrogen-bond acceptors (Lipinski definition) is 5. The molecule has 0 aromatic heterocycles. The first-order chi connectivity index (χ1) is 11.9. The minimum Gasteiger partial charge on any atom is -0.495 e. The molecule has 140 valence electrons. The van der Waals surface area contributed by atoms with E-state index >= 15 is 0 Å². The van der Waals surface area contributed by atoms with E-state index < -0.39 is 10.0 Å². The van der Waals surface area contributed by atoms with Crippen molar-refractivity contribution < 1.29 is 22.7 Å². The highest BCUT2D eigenvalue weighted by Crippen LogP contribution is 2.30. The number of piperidine rings is 1. The Bertz CT molecular complexity index is 710. The lowest BCUT2D eigenvalue weighted by molar-refractivity contribution is -0.126. The van der Waals surface area contributed by atoms with E-state index in [0.717, 1.165) is 0 Å². The predicted octanol–water partition coefficient (Wildman–Crippen LogP) is 1.51. The van der Waals surface area contributed by atoms with Gasteiger partial charge in [-0.15, -0.1) is 0 Å². The highest BCUT2D eigenvalue weighted by atomic mass is 35.5. The summed E-state index contributed by atoms with van der Waals surface area (Å²) in [6.45, 7) is 1.37. The lowest BCUT2D eigenvalue weighted by Crippen LogP contribution is -2.45. The van der Waals surface area contributed by atoms with E-state index in [-0.39, 0.29) is 28.3 Å². The second-order valence-corrected chi connectivity index (χ2v) is 8.13. The van der Waals surface area contributed by atoms with Crippen LogP contribution in [-0.4, -0.2) is 59.1 Å². The number of halogens is 1. The normalized spacial score (nSPS) is 18.8. The highest BCUT2D eigenvalue weighted by Gasteiger charge is 2.33. The number of amides is 1. The number of benzene rings is 1. The zero-order valence-electron chi connectivity index (χ0n) is 14.3. The van der Waals surface area contributed by atoms with E-state index in [1.807, 2.05) is 0 Å². The van der Waals surface area contributed by atoms with Crippen LogP contribution >= 0.6 is 11.6 Å². The minimum absolute atomic E-state index is 0.0961. The van der Waals surface area contributed by atoms with Gasteiger partial charge in [-0.25, -0.2) is 8.42 Å². The van der Waals surface area contributed by atoms with E-state index in [0.29, 0.717) is 38.3 Å². The monoisotopic (exact) mass is 390 g/mol. The van der Waals surface area contributed by atoms with Crippen LogP contribution < -0.4 is 10.1 Å². The number of carbonyl (C=O) groups excluding carboxylic acids is 1. The maximum atomic E-state index is 12.8. The molecule has 25 heavy (non-hydrogen) atoms. The van der Waals surface area contributed by atoms with Crippen LogP contribution in [0.3, 0.4) is 0 Å². The molecule has 1 aromatic carbocycles. The maximum absolute atomic E-state index is 12.8. The maximum Gasteiger partial charge on any atom is 0.243 e. The van der Waals surface area contributed by atoms with Crippen molar-refractivity contribution in [3.63, 3.8) is 0 Å². The number of ether oxygens (including phenoxy) is 2. The molecule has 1 heterocycles. The summed E-state index contributed by atoms with van der Waals surface area (Å²) in [4.78, 5) is 12.3. The van der Waals surface area contributed by atoms with E-state index in [9.17, 15) is 13.2 Å². The van der Waals surface area contributed by atoms with Crippen molar-refractivity contribution in [3.05, 3.63) is 23.2 Å². The number of nitrogens with one attached hydrogen (secondary N) is 1. The molecular formula is C16H23ClN2O5S. The first-order valence-corrected chi connectivity index (χ1v) is 9.82. The van der Waals surface area contributed by atoms with Crippen LogP contribution in [0, 0.1) is 5.92 Å². The highest BCUT2D eigenvalue weighted by molar-refractivity contribution is 7.89. The van der Waals surface area contributed by atoms with Crippen LogP contribution in [0.1, 0.15) is 12.8 Å². The van der Waals surface area contributed by atoms with Crippen molar-refractivity contribution in [1.29, 1.82) is 0 Å². The molecule has 1 saturated heterocycles. The minimum atomic E-state index is -3.71. The van der Waals surface area contributed by atoms with Gasteiger partial charge >= 0.3 is 0 Å². The van der Waals surface area contributed by atoms with Crippen LogP contribution in [0.25, 0.3) is 0 Å². The van der Waals surface area contributed by atoms with Crippen molar-refractivity contribution in [1.82, 2.24) is 9.62 Å². The first kappa shape index (κ1) is 20.0. The van der Waals surface area contributed by atoms with Crippen LogP contribution in [0.5, 0.6) is 5.75 Å². The standard InChI is InChI=1S/C16H23ClN2O5S/c1-23-9-7-18-16(20)12-4-3-8-19(11-12)25(21,22)13-5-6-15(24-2)14(17)10-13/h5-6,10,12H,3-4,7-9,11H2,1-2H3,(H,18,20)/t12-/m0/s1. The van der Waals surface area contributed by atoms with Gasteiger partial charge in [0, 0.05) is 26.7 Å². The fraction of sp³-hybridized carbons (Fsp3) is 0.562. The van der Waals surface area contributed by atoms with Gasteiger partial charge in [0.05, 0.1) is 29.6 Å². The van der Waals surface area contributed by atoms with Gasteiger partial charge in [0.15, 0.2) is 0 Å². The molecule has 1 aliphatic rings. The molecule has 1 N–H and O–H groups in total. The number of methoxy groups -OCH3 is 2. The molecule has 0 bridgehead atoms. The van der Waals surface area contributed by atoms with Crippen LogP contribution in [0.15, 0.2) is 23.1 Å². The van der Waals surface area contributed by atoms with E-state index in [1.165, 1.54) is 29.6 Å². The molecular weight excluding hydrogens is 368 g/mol. The molecule has 1 aliphatic heterocycles. The molecule has 7 nitrogen and oxygen atoms in total. The van der Waals surface area contributed by atoms with Crippen LogP contribution in [0.4, 0.5) is 0 Å². The lowest BCUT2D eigenvalue weighted by atomic mass is 9.99. The molecule has 1 atom stereocenters. The Labute approximate surface area is 153 Å². The number of sulfonamides is 1. The molecule has 9 heteroatoms. The zero-order chi connectivity index (χ0) is 18.4. The third kappa shape index (κ3) is 4.84. The van der Waals surface area contributed by atoms with Gasteiger partial charge in [-0.2, -0.15) is 4.31 Å². The Morgan fingerprint density at radius 1 is 1.40 bits per heavy atom. The second-order valence-electron chi connectivity index (χ2n) is 5.78. The van der Waals surface area contributed by atoms with E-state index in [1.54, 1.807) is 7.11 Å². The van der Waals surface area contributed by atoms with Crippen molar-refractivity contribution in [3.8, 4) is 5.75 Å². The van der Waals surface area contributed by atoms with Gasteiger partial charge in [0.2, 0.25) is 15.9 Å². The van der Waals surface area contributed by atoms with E-state index in [2.05, 4.69) is 5.32 Å². The summed E-state index contributed by atoms with van der Waals surface area (Å²) in [7, 11) is -0.691. The summed E-state index contributed by atoms with van der Waals surface area (Å²) >= 11 is 6.04. The summed E-state index contributed by atoms with van der Waals surface area (Å²) in [5, 5.41) is 3.00. The van der Waals surface area contributed by atoms with Crippen molar-refractivity contribution in [2.45, 2.75) is 17.7 Å². The summed E-state index contributed by atoms with van der Waals surface area (Å²) in [5.41, 5.74) is 0. The van der Waals surface area contributed by atoms with Crippen molar-refractivity contribution in [2.24, 2.45) is 5.92 Å². The lowest BCUT2D eigenvalue weighted by Gasteiger charge is -2.31. The van der Waals surface area contributed by atoms with Gasteiger partial charge in [0.25, 0.3) is 0 Å². The van der Waals surface area contributed by atoms with Gasteiger partial charge < -0.3 is 14.8 Å². The number of hydrogen-bond donors (Lipinski definition) is 1. The van der Waals surface area contributed by atoms with Gasteiger partial charge in [-0.3, -0.25) is 4.79 Å². The Hall–Kier alpha value is -1.35. The summed E-state index contributed by atoms with van der Waals surface area (Å²) < 4.78 is 37.0. The third-order valence-corrected chi connectivity index (χ3v) is 6.28. The summed E-state index contributed by atoms with van der Waals surface area (Å²) in [6.07, 6.45) is 1.29. The topological polar surface area (TPSA) is 84.9 Å². The molecule has 1 fully saturated rings. The summed E-state index contributed by atoms with van der Waals surface area (Å²) in [6, 6.07) is 4.36. The Morgan fingerprint density at radius 2 is 2.16 bits per heavy atom.